The summed E-state index contributed by atoms with van der Waals surface area (Å²) in [5.41, 5.74) is 1.02. The molecule has 0 fully saturated rings. The molecular formula is C9H10BrClO2. The molecule has 0 unspecified atom stereocenters. The SMILES string of the molecule is COCOc1cc(CCl)ccc1Br. The molecule has 1 rings (SSSR count). The van der Waals surface area contributed by atoms with E-state index in [1.165, 1.54) is 0 Å². The van der Waals surface area contributed by atoms with Crippen LogP contribution < -0.4 is 4.74 Å². The fraction of sp³-hybridized carbons (Fsp3) is 0.333. The van der Waals surface area contributed by atoms with Gasteiger partial charge >= 0.3 is 0 Å². The lowest BCUT2D eigenvalue weighted by molar-refractivity contribution is 0.0505. The van der Waals surface area contributed by atoms with E-state index in [2.05, 4.69) is 15.9 Å². The van der Waals surface area contributed by atoms with Crippen LogP contribution in [0.1, 0.15) is 5.56 Å². The number of rotatable bonds is 4. The molecule has 0 N–H and O–H groups in total. The molecule has 0 heterocycles. The van der Waals surface area contributed by atoms with Crippen molar-refractivity contribution in [3.8, 4) is 5.75 Å². The lowest BCUT2D eigenvalue weighted by atomic mass is 10.2. The van der Waals surface area contributed by atoms with Crippen molar-refractivity contribution in [3.63, 3.8) is 0 Å². The average Bonchev–Trinajstić information content (AvgIpc) is 2.17. The third-order valence-corrected chi connectivity index (χ3v) is 2.45. The number of alkyl halides is 1. The van der Waals surface area contributed by atoms with Gasteiger partial charge < -0.3 is 9.47 Å². The first-order valence-corrected chi connectivity index (χ1v) is 5.07. The van der Waals surface area contributed by atoms with Gasteiger partial charge in [0.15, 0.2) is 6.79 Å². The highest BCUT2D eigenvalue weighted by Crippen LogP contribution is 2.26. The Kier molecular flexibility index (Phi) is 4.56. The fourth-order valence-electron chi connectivity index (χ4n) is 0.864. The Morgan fingerprint density at radius 3 is 2.85 bits per heavy atom. The van der Waals surface area contributed by atoms with Gasteiger partial charge in [0.1, 0.15) is 5.75 Å². The highest BCUT2D eigenvalue weighted by atomic mass is 79.9. The van der Waals surface area contributed by atoms with Gasteiger partial charge in [0, 0.05) is 13.0 Å². The van der Waals surface area contributed by atoms with E-state index in [4.69, 9.17) is 21.1 Å². The van der Waals surface area contributed by atoms with Crippen molar-refractivity contribution in [1.29, 1.82) is 0 Å². The molecule has 2 nitrogen and oxygen atoms in total. The molecular weight excluding hydrogens is 255 g/mol. The Hall–Kier alpha value is -0.250. The van der Waals surface area contributed by atoms with E-state index in [-0.39, 0.29) is 6.79 Å². The molecule has 13 heavy (non-hydrogen) atoms. The summed E-state index contributed by atoms with van der Waals surface area (Å²) >= 11 is 9.05. The quantitative estimate of drug-likeness (QED) is 0.615. The summed E-state index contributed by atoms with van der Waals surface area (Å²) in [6, 6.07) is 5.73. The number of ether oxygens (including phenoxy) is 2. The van der Waals surface area contributed by atoms with Gasteiger partial charge in [-0.1, -0.05) is 6.07 Å². The van der Waals surface area contributed by atoms with Crippen LogP contribution in [0.4, 0.5) is 0 Å². The van der Waals surface area contributed by atoms with Gasteiger partial charge in [-0.05, 0) is 33.6 Å². The molecule has 0 spiro atoms. The molecule has 0 aliphatic carbocycles. The molecule has 0 saturated heterocycles. The van der Waals surface area contributed by atoms with Crippen molar-refractivity contribution in [2.75, 3.05) is 13.9 Å². The van der Waals surface area contributed by atoms with Gasteiger partial charge in [-0.15, -0.1) is 11.6 Å². The standard InChI is InChI=1S/C9H10BrClO2/c1-12-6-13-9-4-7(5-11)2-3-8(9)10/h2-4H,5-6H2,1H3. The second kappa shape index (κ2) is 5.47. The van der Waals surface area contributed by atoms with Crippen molar-refractivity contribution in [2.45, 2.75) is 5.88 Å². The third-order valence-electron chi connectivity index (χ3n) is 1.48. The van der Waals surface area contributed by atoms with Gasteiger partial charge in [-0.2, -0.15) is 0 Å². The van der Waals surface area contributed by atoms with Crippen molar-refractivity contribution in [2.24, 2.45) is 0 Å². The van der Waals surface area contributed by atoms with Crippen LogP contribution in [0.25, 0.3) is 0 Å². The van der Waals surface area contributed by atoms with E-state index in [0.717, 1.165) is 15.8 Å². The zero-order valence-corrected chi connectivity index (χ0v) is 9.56. The predicted octanol–water partition coefficient (Wildman–Crippen LogP) is 3.17. The molecule has 1 aromatic rings. The highest BCUT2D eigenvalue weighted by molar-refractivity contribution is 9.10. The van der Waals surface area contributed by atoms with Crippen LogP contribution in [0.2, 0.25) is 0 Å². The first kappa shape index (κ1) is 10.8. The molecule has 1 aromatic carbocycles. The Morgan fingerprint density at radius 1 is 1.46 bits per heavy atom. The van der Waals surface area contributed by atoms with E-state index in [1.54, 1.807) is 7.11 Å². The zero-order chi connectivity index (χ0) is 9.68. The molecule has 0 aromatic heterocycles. The summed E-state index contributed by atoms with van der Waals surface area (Å²) < 4.78 is 11.0. The van der Waals surface area contributed by atoms with E-state index < -0.39 is 0 Å². The molecule has 0 aliphatic rings. The monoisotopic (exact) mass is 264 g/mol. The van der Waals surface area contributed by atoms with E-state index in [0.29, 0.717) is 5.88 Å². The number of hydrogen-bond donors (Lipinski definition) is 0. The Labute approximate surface area is 90.9 Å². The second-order valence-electron chi connectivity index (χ2n) is 2.45. The summed E-state index contributed by atoms with van der Waals surface area (Å²) in [6.45, 7) is 0.240. The van der Waals surface area contributed by atoms with Crippen LogP contribution in [0.15, 0.2) is 22.7 Å². The Morgan fingerprint density at radius 2 is 2.23 bits per heavy atom. The minimum Gasteiger partial charge on any atom is -0.466 e. The fourth-order valence-corrected chi connectivity index (χ4v) is 1.39. The van der Waals surface area contributed by atoms with Gasteiger partial charge in [0.25, 0.3) is 0 Å². The highest BCUT2D eigenvalue weighted by Gasteiger charge is 2.01. The van der Waals surface area contributed by atoms with Crippen molar-refractivity contribution in [3.05, 3.63) is 28.2 Å². The molecule has 72 valence electrons. The van der Waals surface area contributed by atoms with Gasteiger partial charge in [0.05, 0.1) is 4.47 Å². The summed E-state index contributed by atoms with van der Waals surface area (Å²) in [5.74, 6) is 1.23. The van der Waals surface area contributed by atoms with Crippen LogP contribution in [-0.4, -0.2) is 13.9 Å². The Balaban J connectivity index is 2.78. The van der Waals surface area contributed by atoms with Gasteiger partial charge in [-0.25, -0.2) is 0 Å². The van der Waals surface area contributed by atoms with E-state index >= 15 is 0 Å². The largest absolute Gasteiger partial charge is 0.466 e. The smallest absolute Gasteiger partial charge is 0.188 e. The number of halogens is 2. The number of hydrogen-bond acceptors (Lipinski definition) is 2. The molecule has 0 bridgehead atoms. The van der Waals surface area contributed by atoms with Gasteiger partial charge in [0.2, 0.25) is 0 Å². The molecule has 0 radical (unpaired) electrons. The topological polar surface area (TPSA) is 18.5 Å². The minimum absolute atomic E-state index is 0.240. The van der Waals surface area contributed by atoms with Crippen LogP contribution in [0.3, 0.4) is 0 Å². The summed E-state index contributed by atoms with van der Waals surface area (Å²) in [7, 11) is 1.58. The van der Waals surface area contributed by atoms with Crippen LogP contribution in [0.5, 0.6) is 5.75 Å². The van der Waals surface area contributed by atoms with Crippen molar-refractivity contribution in [1.82, 2.24) is 0 Å². The van der Waals surface area contributed by atoms with E-state index in [9.17, 15) is 0 Å². The normalized spacial score (nSPS) is 10.1. The van der Waals surface area contributed by atoms with Gasteiger partial charge in [-0.3, -0.25) is 0 Å². The molecule has 0 saturated carbocycles. The number of methoxy groups -OCH3 is 1. The average molecular weight is 266 g/mol. The summed E-state index contributed by atoms with van der Waals surface area (Å²) in [5, 5.41) is 0. The molecule has 0 aliphatic heterocycles. The molecule has 0 atom stereocenters. The lowest BCUT2D eigenvalue weighted by Crippen LogP contribution is -1.99. The summed E-state index contributed by atoms with van der Waals surface area (Å²) in [6.07, 6.45) is 0. The first-order valence-electron chi connectivity index (χ1n) is 3.74. The Bertz CT molecular complexity index is 278. The van der Waals surface area contributed by atoms with E-state index in [1.807, 2.05) is 18.2 Å². The maximum Gasteiger partial charge on any atom is 0.188 e. The lowest BCUT2D eigenvalue weighted by Gasteiger charge is -2.07. The molecule has 0 amide bonds. The van der Waals surface area contributed by atoms with Crippen LogP contribution >= 0.6 is 27.5 Å². The summed E-state index contributed by atoms with van der Waals surface area (Å²) in [4.78, 5) is 0. The van der Waals surface area contributed by atoms with Crippen molar-refractivity contribution >= 4 is 27.5 Å². The molecule has 4 heteroatoms. The second-order valence-corrected chi connectivity index (χ2v) is 3.57. The van der Waals surface area contributed by atoms with Crippen LogP contribution in [0, 0.1) is 0 Å². The zero-order valence-electron chi connectivity index (χ0n) is 7.22. The first-order chi connectivity index (χ1) is 6.27. The third kappa shape index (κ3) is 3.18. The van der Waals surface area contributed by atoms with Crippen LogP contribution in [-0.2, 0) is 10.6 Å². The van der Waals surface area contributed by atoms with Crippen molar-refractivity contribution < 1.29 is 9.47 Å². The number of benzene rings is 1. The predicted molar refractivity (Wildman–Crippen MR) is 56.2 cm³/mol. The minimum atomic E-state index is 0.240. The maximum absolute atomic E-state index is 5.68. The maximum atomic E-state index is 5.68.